The van der Waals surface area contributed by atoms with Crippen LogP contribution >= 0.6 is 0 Å². The molecule has 1 aromatic heterocycles. The Morgan fingerprint density at radius 2 is 1.84 bits per heavy atom. The minimum atomic E-state index is -0.267. The molecule has 1 aromatic carbocycles. The van der Waals surface area contributed by atoms with Crippen molar-refractivity contribution in [3.8, 4) is 0 Å². The smallest absolute Gasteiger partial charge is 0.251 e. The van der Waals surface area contributed by atoms with Crippen LogP contribution < -0.4 is 5.32 Å². The number of hydrogen-bond acceptors (Lipinski definition) is 2. The number of carbonyl (C=O) groups is 2. The SMILES string of the molecule is CC(=O)n1ccc2cc(C(=O)NC(C)(C)C)ccc21. The van der Waals surface area contributed by atoms with Crippen molar-refractivity contribution in [1.29, 1.82) is 0 Å². The summed E-state index contributed by atoms with van der Waals surface area (Å²) in [5, 5.41) is 3.80. The number of nitrogens with zero attached hydrogens (tertiary/aromatic N) is 1. The number of hydrogen-bond donors (Lipinski definition) is 1. The standard InChI is InChI=1S/C15H18N2O2/c1-10(18)17-8-7-11-9-12(5-6-13(11)17)14(19)16-15(2,3)4/h5-9H,1-4H3,(H,16,19). The fraction of sp³-hybridized carbons (Fsp3) is 0.333. The summed E-state index contributed by atoms with van der Waals surface area (Å²) >= 11 is 0. The van der Waals surface area contributed by atoms with Crippen molar-refractivity contribution in [2.24, 2.45) is 0 Å². The van der Waals surface area contributed by atoms with Crippen molar-refractivity contribution in [1.82, 2.24) is 9.88 Å². The fourth-order valence-corrected chi connectivity index (χ4v) is 1.97. The molecule has 2 aromatic rings. The first-order valence-corrected chi connectivity index (χ1v) is 6.22. The molecule has 1 N–H and O–H groups in total. The summed E-state index contributed by atoms with van der Waals surface area (Å²) in [4.78, 5) is 23.5. The van der Waals surface area contributed by atoms with Gasteiger partial charge in [0.1, 0.15) is 0 Å². The van der Waals surface area contributed by atoms with Crippen LogP contribution in [0.2, 0.25) is 0 Å². The van der Waals surface area contributed by atoms with Crippen molar-refractivity contribution in [2.75, 3.05) is 0 Å². The number of benzene rings is 1. The largest absolute Gasteiger partial charge is 0.347 e. The maximum absolute atomic E-state index is 12.1. The summed E-state index contributed by atoms with van der Waals surface area (Å²) in [6, 6.07) is 7.18. The van der Waals surface area contributed by atoms with Gasteiger partial charge in [-0.1, -0.05) is 0 Å². The second kappa shape index (κ2) is 4.53. The second-order valence-corrected chi connectivity index (χ2v) is 5.68. The molecule has 0 saturated carbocycles. The Hall–Kier alpha value is -2.10. The summed E-state index contributed by atoms with van der Waals surface area (Å²) in [7, 11) is 0. The zero-order valence-electron chi connectivity index (χ0n) is 11.7. The average molecular weight is 258 g/mol. The molecule has 0 bridgehead atoms. The van der Waals surface area contributed by atoms with Crippen LogP contribution in [0.4, 0.5) is 0 Å². The predicted molar refractivity (Wildman–Crippen MR) is 75.5 cm³/mol. The van der Waals surface area contributed by atoms with Gasteiger partial charge in [-0.05, 0) is 45.0 Å². The fourth-order valence-electron chi connectivity index (χ4n) is 1.97. The molecule has 19 heavy (non-hydrogen) atoms. The van der Waals surface area contributed by atoms with Crippen molar-refractivity contribution >= 4 is 22.7 Å². The Morgan fingerprint density at radius 3 is 2.42 bits per heavy atom. The van der Waals surface area contributed by atoms with Gasteiger partial charge in [0.25, 0.3) is 5.91 Å². The Labute approximate surface area is 112 Å². The highest BCUT2D eigenvalue weighted by molar-refractivity contribution is 6.00. The molecule has 0 aliphatic heterocycles. The van der Waals surface area contributed by atoms with Gasteiger partial charge in [0, 0.05) is 29.6 Å². The summed E-state index contributed by atoms with van der Waals surface area (Å²) in [6.07, 6.45) is 1.72. The van der Waals surface area contributed by atoms with E-state index in [-0.39, 0.29) is 17.4 Å². The van der Waals surface area contributed by atoms with Crippen molar-refractivity contribution in [3.63, 3.8) is 0 Å². The molecular formula is C15H18N2O2. The lowest BCUT2D eigenvalue weighted by molar-refractivity contribution is 0.0917. The molecule has 0 unspecified atom stereocenters. The number of carbonyl (C=O) groups excluding carboxylic acids is 2. The van der Waals surface area contributed by atoms with Crippen LogP contribution in [-0.2, 0) is 0 Å². The van der Waals surface area contributed by atoms with Crippen LogP contribution in [0.15, 0.2) is 30.5 Å². The molecule has 0 aliphatic carbocycles. The lowest BCUT2D eigenvalue weighted by Crippen LogP contribution is -2.40. The molecule has 0 aliphatic rings. The Kier molecular flexibility index (Phi) is 3.18. The predicted octanol–water partition coefficient (Wildman–Crippen LogP) is 2.83. The maximum atomic E-state index is 12.1. The van der Waals surface area contributed by atoms with Gasteiger partial charge in [0.05, 0.1) is 5.52 Å². The molecule has 2 rings (SSSR count). The molecule has 0 saturated heterocycles. The van der Waals surface area contributed by atoms with Crippen molar-refractivity contribution in [2.45, 2.75) is 33.2 Å². The molecule has 0 radical (unpaired) electrons. The molecule has 100 valence electrons. The van der Waals surface area contributed by atoms with E-state index < -0.39 is 0 Å². The summed E-state index contributed by atoms with van der Waals surface area (Å²) < 4.78 is 1.57. The highest BCUT2D eigenvalue weighted by Crippen LogP contribution is 2.18. The minimum absolute atomic E-state index is 0.0399. The lowest BCUT2D eigenvalue weighted by Gasteiger charge is -2.20. The molecule has 4 heteroatoms. The normalized spacial score (nSPS) is 11.6. The van der Waals surface area contributed by atoms with Crippen LogP contribution in [0.3, 0.4) is 0 Å². The van der Waals surface area contributed by atoms with Crippen LogP contribution in [0, 0.1) is 0 Å². The first-order valence-electron chi connectivity index (χ1n) is 6.22. The first kappa shape index (κ1) is 13.3. The highest BCUT2D eigenvalue weighted by Gasteiger charge is 2.16. The first-order chi connectivity index (χ1) is 8.78. The molecule has 0 spiro atoms. The second-order valence-electron chi connectivity index (χ2n) is 5.68. The summed E-state index contributed by atoms with van der Waals surface area (Å²) in [5.41, 5.74) is 1.15. The lowest BCUT2D eigenvalue weighted by atomic mass is 10.1. The van der Waals surface area contributed by atoms with E-state index in [1.54, 1.807) is 29.0 Å². The van der Waals surface area contributed by atoms with Gasteiger partial charge in [-0.3, -0.25) is 14.2 Å². The number of fused-ring (bicyclic) bond motifs is 1. The van der Waals surface area contributed by atoms with Crippen molar-refractivity contribution < 1.29 is 9.59 Å². The quantitative estimate of drug-likeness (QED) is 0.855. The molecule has 4 nitrogen and oxygen atoms in total. The van der Waals surface area contributed by atoms with E-state index in [0.29, 0.717) is 5.56 Å². The van der Waals surface area contributed by atoms with Gasteiger partial charge in [0.15, 0.2) is 0 Å². The zero-order valence-corrected chi connectivity index (χ0v) is 11.7. The van der Waals surface area contributed by atoms with Crippen LogP contribution in [0.1, 0.15) is 42.8 Å². The van der Waals surface area contributed by atoms with Gasteiger partial charge in [0.2, 0.25) is 5.91 Å². The molecule has 0 fully saturated rings. The number of rotatable bonds is 1. The van der Waals surface area contributed by atoms with Crippen LogP contribution in [0.25, 0.3) is 10.9 Å². The van der Waals surface area contributed by atoms with Gasteiger partial charge < -0.3 is 5.32 Å². The average Bonchev–Trinajstić information content (AvgIpc) is 2.68. The van der Waals surface area contributed by atoms with Gasteiger partial charge in [-0.25, -0.2) is 0 Å². The summed E-state index contributed by atoms with van der Waals surface area (Å²) in [5.74, 6) is -0.146. The van der Waals surface area contributed by atoms with Crippen LogP contribution in [0.5, 0.6) is 0 Å². The molecule has 0 atom stereocenters. The van der Waals surface area contributed by atoms with Gasteiger partial charge >= 0.3 is 0 Å². The Morgan fingerprint density at radius 1 is 1.16 bits per heavy atom. The minimum Gasteiger partial charge on any atom is -0.347 e. The molecule has 1 amide bonds. The summed E-state index contributed by atoms with van der Waals surface area (Å²) in [6.45, 7) is 7.33. The van der Waals surface area contributed by atoms with E-state index in [4.69, 9.17) is 0 Å². The topological polar surface area (TPSA) is 51.1 Å². The number of aromatic nitrogens is 1. The number of nitrogens with one attached hydrogen (secondary N) is 1. The Balaban J connectivity index is 2.38. The zero-order chi connectivity index (χ0) is 14.2. The van der Waals surface area contributed by atoms with E-state index in [1.165, 1.54) is 6.92 Å². The molecular weight excluding hydrogens is 240 g/mol. The van der Waals surface area contributed by atoms with Gasteiger partial charge in [-0.15, -0.1) is 0 Å². The van der Waals surface area contributed by atoms with E-state index in [2.05, 4.69) is 5.32 Å². The molecule has 1 heterocycles. The third-order valence-corrected chi connectivity index (χ3v) is 2.78. The Bertz CT molecular complexity index is 648. The van der Waals surface area contributed by atoms with E-state index in [9.17, 15) is 9.59 Å². The highest BCUT2D eigenvalue weighted by atomic mass is 16.2. The van der Waals surface area contributed by atoms with Crippen molar-refractivity contribution in [3.05, 3.63) is 36.0 Å². The van der Waals surface area contributed by atoms with E-state index >= 15 is 0 Å². The third-order valence-electron chi connectivity index (χ3n) is 2.78. The third kappa shape index (κ3) is 2.84. The number of amides is 1. The maximum Gasteiger partial charge on any atom is 0.251 e. The van der Waals surface area contributed by atoms with Gasteiger partial charge in [-0.2, -0.15) is 0 Å². The van der Waals surface area contributed by atoms with E-state index in [1.807, 2.05) is 26.8 Å². The van der Waals surface area contributed by atoms with Crippen LogP contribution in [-0.4, -0.2) is 21.9 Å². The van der Waals surface area contributed by atoms with E-state index in [0.717, 1.165) is 10.9 Å². The monoisotopic (exact) mass is 258 g/mol.